The largest absolute Gasteiger partial charge is 0.490 e. The summed E-state index contributed by atoms with van der Waals surface area (Å²) in [6.07, 6.45) is 1.57. The second-order valence-electron chi connectivity index (χ2n) is 8.99. The molecule has 3 aromatic rings. The van der Waals surface area contributed by atoms with E-state index in [4.69, 9.17) is 19.4 Å². The first-order valence-electron chi connectivity index (χ1n) is 12.0. The number of nitrogens with zero attached hydrogens (tertiary/aromatic N) is 2. The van der Waals surface area contributed by atoms with Crippen LogP contribution in [-0.2, 0) is 24.1 Å². The van der Waals surface area contributed by atoms with E-state index in [1.807, 2.05) is 26.0 Å². The highest BCUT2D eigenvalue weighted by molar-refractivity contribution is 7.13. The molecule has 1 unspecified atom stereocenters. The van der Waals surface area contributed by atoms with Crippen molar-refractivity contribution in [3.05, 3.63) is 39.8 Å². The van der Waals surface area contributed by atoms with E-state index in [2.05, 4.69) is 36.6 Å². The molecule has 0 aliphatic rings. The zero-order valence-electron chi connectivity index (χ0n) is 21.1. The summed E-state index contributed by atoms with van der Waals surface area (Å²) < 4.78 is 11.6. The first kappa shape index (κ1) is 26.8. The van der Waals surface area contributed by atoms with Gasteiger partial charge in [0.15, 0.2) is 0 Å². The van der Waals surface area contributed by atoms with Crippen LogP contribution in [0.15, 0.2) is 22.0 Å². The summed E-state index contributed by atoms with van der Waals surface area (Å²) in [6, 6.07) is 3.99. The van der Waals surface area contributed by atoms with Gasteiger partial charge >= 0.3 is 0 Å². The lowest BCUT2D eigenvalue weighted by Gasteiger charge is -2.18. The Kier molecular flexibility index (Phi) is 9.42. The summed E-state index contributed by atoms with van der Waals surface area (Å²) in [5.74, 6) is 1.83. The molecule has 0 radical (unpaired) electrons. The molecule has 0 saturated heterocycles. The minimum absolute atomic E-state index is 0.00699. The molecule has 1 amide bonds. The number of carbonyl (C=O) groups is 1. The van der Waals surface area contributed by atoms with E-state index >= 15 is 0 Å². The number of aliphatic hydroxyl groups is 2. The molecule has 8 nitrogen and oxygen atoms in total. The van der Waals surface area contributed by atoms with Gasteiger partial charge in [0.25, 0.3) is 5.89 Å². The highest BCUT2D eigenvalue weighted by atomic mass is 32.1. The summed E-state index contributed by atoms with van der Waals surface area (Å²) in [4.78, 5) is 16.9. The smallest absolute Gasteiger partial charge is 0.268 e. The Hall–Kier alpha value is -2.75. The van der Waals surface area contributed by atoms with Gasteiger partial charge in [-0.1, -0.05) is 32.9 Å². The Labute approximate surface area is 210 Å². The molecule has 0 spiro atoms. The fourth-order valence-corrected chi connectivity index (χ4v) is 4.88. The van der Waals surface area contributed by atoms with Gasteiger partial charge in [-0.2, -0.15) is 4.98 Å². The van der Waals surface area contributed by atoms with Gasteiger partial charge in [0, 0.05) is 12.1 Å². The number of amides is 1. The average molecular weight is 502 g/mol. The number of benzene rings is 1. The van der Waals surface area contributed by atoms with Crippen molar-refractivity contribution < 1.29 is 24.3 Å². The third-order valence-corrected chi connectivity index (χ3v) is 6.87. The molecular weight excluding hydrogens is 466 g/mol. The molecule has 1 aromatic carbocycles. The summed E-state index contributed by atoms with van der Waals surface area (Å²) in [7, 11) is 0. The number of carbonyl (C=O) groups excluding carboxylic acids is 1. The normalized spacial score (nSPS) is 12.2. The van der Waals surface area contributed by atoms with Gasteiger partial charge < -0.3 is 24.8 Å². The quantitative estimate of drug-likeness (QED) is 0.344. The van der Waals surface area contributed by atoms with Crippen LogP contribution in [0.2, 0.25) is 0 Å². The Morgan fingerprint density at radius 1 is 1.20 bits per heavy atom. The van der Waals surface area contributed by atoms with E-state index in [1.165, 1.54) is 11.1 Å². The number of hydrogen-bond acceptors (Lipinski definition) is 8. The molecule has 35 heavy (non-hydrogen) atoms. The molecule has 0 aliphatic heterocycles. The van der Waals surface area contributed by atoms with Crippen molar-refractivity contribution >= 4 is 17.2 Å². The number of aryl methyl sites for hydroxylation is 2. The lowest BCUT2D eigenvalue weighted by atomic mass is 10.00. The lowest BCUT2D eigenvalue weighted by Crippen LogP contribution is -2.36. The maximum Gasteiger partial charge on any atom is 0.268 e. The van der Waals surface area contributed by atoms with E-state index in [-0.39, 0.29) is 13.2 Å². The van der Waals surface area contributed by atoms with Gasteiger partial charge in [0.2, 0.25) is 11.7 Å². The van der Waals surface area contributed by atoms with Crippen LogP contribution in [0.1, 0.15) is 49.9 Å². The van der Waals surface area contributed by atoms with Gasteiger partial charge in [-0.05, 0) is 71.9 Å². The van der Waals surface area contributed by atoms with E-state index in [1.54, 1.807) is 11.3 Å². The number of rotatable bonds is 12. The highest BCUT2D eigenvalue weighted by Gasteiger charge is 2.20. The monoisotopic (exact) mass is 501 g/mol. The fraction of sp³-hybridized carbons (Fsp3) is 0.500. The van der Waals surface area contributed by atoms with Crippen molar-refractivity contribution in [2.75, 3.05) is 19.8 Å². The molecule has 190 valence electrons. The molecule has 1 atom stereocenters. The van der Waals surface area contributed by atoms with Gasteiger partial charge in [0.05, 0.1) is 4.88 Å². The molecule has 0 fully saturated rings. The molecule has 3 N–H and O–H groups in total. The lowest BCUT2D eigenvalue weighted by molar-refractivity contribution is -0.124. The standard InChI is InChI=1S/C26H35N3O5S/c1-6-17-9-19(10-18(7-2)23(17)33-13-21(31)11-27-22(32)12-30)25-28-26(34-29-25)24-16(5)20(14-35-24)8-15(3)4/h9-10,14-15,21,30-31H,6-8,11-13H2,1-5H3,(H,27,32). The van der Waals surface area contributed by atoms with Crippen molar-refractivity contribution in [2.24, 2.45) is 5.92 Å². The number of nitrogens with one attached hydrogen (secondary N) is 1. The van der Waals surface area contributed by atoms with Gasteiger partial charge in [0.1, 0.15) is 25.1 Å². The number of thiophene rings is 1. The van der Waals surface area contributed by atoms with Gasteiger partial charge in [-0.3, -0.25) is 4.79 Å². The highest BCUT2D eigenvalue weighted by Crippen LogP contribution is 2.35. The van der Waals surface area contributed by atoms with Crippen molar-refractivity contribution in [2.45, 2.75) is 60.0 Å². The number of ether oxygens (including phenoxy) is 1. The minimum atomic E-state index is -0.894. The maximum absolute atomic E-state index is 11.2. The van der Waals surface area contributed by atoms with Crippen LogP contribution in [0.25, 0.3) is 22.2 Å². The zero-order chi connectivity index (χ0) is 25.5. The fourth-order valence-electron chi connectivity index (χ4n) is 3.86. The summed E-state index contributed by atoms with van der Waals surface area (Å²) >= 11 is 1.63. The molecule has 9 heteroatoms. The molecule has 2 heterocycles. The van der Waals surface area contributed by atoms with Crippen LogP contribution in [0.4, 0.5) is 0 Å². The number of aromatic nitrogens is 2. The minimum Gasteiger partial charge on any atom is -0.490 e. The molecular formula is C26H35N3O5S. The molecule has 3 rings (SSSR count). The van der Waals surface area contributed by atoms with Crippen molar-refractivity contribution in [1.82, 2.24) is 15.5 Å². The van der Waals surface area contributed by atoms with Gasteiger partial charge in [-0.15, -0.1) is 11.3 Å². The van der Waals surface area contributed by atoms with E-state index in [0.717, 1.165) is 46.6 Å². The third kappa shape index (κ3) is 6.68. The van der Waals surface area contributed by atoms with Crippen LogP contribution in [0.5, 0.6) is 5.75 Å². The summed E-state index contributed by atoms with van der Waals surface area (Å²) in [5.41, 5.74) is 5.32. The third-order valence-electron chi connectivity index (χ3n) is 5.75. The Balaban J connectivity index is 1.81. The first-order valence-corrected chi connectivity index (χ1v) is 12.9. The molecule has 2 aromatic heterocycles. The van der Waals surface area contributed by atoms with Crippen molar-refractivity contribution in [3.8, 4) is 27.9 Å². The van der Waals surface area contributed by atoms with Crippen LogP contribution in [0.3, 0.4) is 0 Å². The van der Waals surface area contributed by atoms with Crippen LogP contribution < -0.4 is 10.1 Å². The zero-order valence-corrected chi connectivity index (χ0v) is 21.9. The topological polar surface area (TPSA) is 118 Å². The van der Waals surface area contributed by atoms with E-state index in [0.29, 0.717) is 17.6 Å². The summed E-state index contributed by atoms with van der Waals surface area (Å²) in [5, 5.41) is 27.8. The van der Waals surface area contributed by atoms with Crippen LogP contribution in [0, 0.1) is 12.8 Å². The van der Waals surface area contributed by atoms with E-state index in [9.17, 15) is 9.90 Å². The second-order valence-corrected chi connectivity index (χ2v) is 9.87. The Morgan fingerprint density at radius 2 is 1.89 bits per heavy atom. The Bertz CT molecular complexity index is 1110. The summed E-state index contributed by atoms with van der Waals surface area (Å²) in [6.45, 7) is 10.0. The molecule has 0 bridgehead atoms. The molecule has 0 aliphatic carbocycles. The Morgan fingerprint density at radius 3 is 2.49 bits per heavy atom. The first-order chi connectivity index (χ1) is 16.8. The van der Waals surface area contributed by atoms with Crippen LogP contribution >= 0.6 is 11.3 Å². The van der Waals surface area contributed by atoms with Gasteiger partial charge in [-0.25, -0.2) is 0 Å². The maximum atomic E-state index is 11.2. The predicted molar refractivity (Wildman–Crippen MR) is 137 cm³/mol. The molecule has 0 saturated carbocycles. The SMILES string of the molecule is CCc1cc(-c2noc(-c3scc(CC(C)C)c3C)n2)cc(CC)c1OCC(O)CNC(=O)CO. The number of aliphatic hydroxyl groups excluding tert-OH is 2. The van der Waals surface area contributed by atoms with Crippen molar-refractivity contribution in [3.63, 3.8) is 0 Å². The average Bonchev–Trinajstić information content (AvgIpc) is 3.47. The van der Waals surface area contributed by atoms with Crippen LogP contribution in [-0.4, -0.2) is 52.1 Å². The second kappa shape index (κ2) is 12.3. The van der Waals surface area contributed by atoms with Crippen molar-refractivity contribution in [1.29, 1.82) is 0 Å². The predicted octanol–water partition coefficient (Wildman–Crippen LogP) is 3.95. The van der Waals surface area contributed by atoms with E-state index < -0.39 is 18.6 Å². The number of hydrogen-bond donors (Lipinski definition) is 3.